The fourth-order valence-electron chi connectivity index (χ4n) is 2.36. The lowest BCUT2D eigenvalue weighted by Gasteiger charge is -2.04. The summed E-state index contributed by atoms with van der Waals surface area (Å²) in [6.07, 6.45) is 4.60. The summed E-state index contributed by atoms with van der Waals surface area (Å²) >= 11 is 0. The van der Waals surface area contributed by atoms with E-state index < -0.39 is 0 Å². The van der Waals surface area contributed by atoms with Crippen molar-refractivity contribution in [1.82, 2.24) is 19.7 Å². The van der Waals surface area contributed by atoms with Gasteiger partial charge in [0, 0.05) is 36.7 Å². The first kappa shape index (κ1) is 18.2. The van der Waals surface area contributed by atoms with Crippen LogP contribution in [0.1, 0.15) is 17.1 Å². The number of aryl methyl sites for hydroxylation is 1. The Hall–Kier alpha value is -2.16. The molecule has 7 heteroatoms. The fourth-order valence-corrected chi connectivity index (χ4v) is 2.36. The highest BCUT2D eigenvalue weighted by molar-refractivity contribution is 14.0. The van der Waals surface area contributed by atoms with Crippen LogP contribution in [0.3, 0.4) is 0 Å². The quantitative estimate of drug-likeness (QED) is 0.366. The first-order chi connectivity index (χ1) is 11.2. The SMILES string of the molecule is Cc1cccc2nc(CN=C(N)NCCc3ccccn3)cn12.I. The first-order valence-corrected chi connectivity index (χ1v) is 7.59. The van der Waals surface area contributed by atoms with E-state index in [1.807, 2.05) is 36.5 Å². The van der Waals surface area contributed by atoms with Gasteiger partial charge >= 0.3 is 0 Å². The minimum absolute atomic E-state index is 0. The minimum atomic E-state index is 0. The Balaban J connectivity index is 0.00000208. The maximum atomic E-state index is 5.89. The molecule has 3 N–H and O–H groups in total. The van der Waals surface area contributed by atoms with Crippen molar-refractivity contribution in [2.45, 2.75) is 19.9 Å². The minimum Gasteiger partial charge on any atom is -0.370 e. The zero-order valence-corrected chi connectivity index (χ0v) is 15.8. The summed E-state index contributed by atoms with van der Waals surface area (Å²) in [5, 5.41) is 3.10. The highest BCUT2D eigenvalue weighted by atomic mass is 127. The molecular weight excluding hydrogens is 415 g/mol. The van der Waals surface area contributed by atoms with Gasteiger partial charge in [-0.25, -0.2) is 9.98 Å². The molecule has 3 rings (SSSR count). The van der Waals surface area contributed by atoms with Gasteiger partial charge in [0.1, 0.15) is 5.65 Å². The number of fused-ring (bicyclic) bond motifs is 1. The van der Waals surface area contributed by atoms with E-state index in [0.29, 0.717) is 19.0 Å². The molecule has 0 fully saturated rings. The number of hydrogen-bond acceptors (Lipinski definition) is 3. The lowest BCUT2D eigenvalue weighted by molar-refractivity contribution is 0.826. The van der Waals surface area contributed by atoms with E-state index in [2.05, 4.69) is 37.7 Å². The Labute approximate surface area is 158 Å². The second kappa shape index (κ2) is 8.62. The molecule has 0 aromatic carbocycles. The van der Waals surface area contributed by atoms with E-state index >= 15 is 0 Å². The number of pyridine rings is 2. The molecule has 0 amide bonds. The Morgan fingerprint density at radius 2 is 2.08 bits per heavy atom. The molecule has 0 aliphatic heterocycles. The second-order valence-electron chi connectivity index (χ2n) is 5.33. The van der Waals surface area contributed by atoms with E-state index in [-0.39, 0.29) is 24.0 Å². The zero-order valence-electron chi connectivity index (χ0n) is 13.5. The van der Waals surface area contributed by atoms with Crippen molar-refractivity contribution in [3.05, 3.63) is 65.9 Å². The Morgan fingerprint density at radius 3 is 2.83 bits per heavy atom. The molecule has 0 saturated heterocycles. The predicted octanol–water partition coefficient (Wildman–Crippen LogP) is 2.30. The van der Waals surface area contributed by atoms with Crippen molar-refractivity contribution in [2.75, 3.05) is 6.54 Å². The van der Waals surface area contributed by atoms with Gasteiger partial charge in [-0.3, -0.25) is 4.98 Å². The highest BCUT2D eigenvalue weighted by Gasteiger charge is 2.02. The molecule has 0 aliphatic carbocycles. The first-order valence-electron chi connectivity index (χ1n) is 7.59. The molecule has 0 atom stereocenters. The molecule has 24 heavy (non-hydrogen) atoms. The Kier molecular flexibility index (Phi) is 6.53. The molecule has 3 aromatic heterocycles. The lowest BCUT2D eigenvalue weighted by atomic mass is 10.3. The highest BCUT2D eigenvalue weighted by Crippen LogP contribution is 2.08. The van der Waals surface area contributed by atoms with Crippen LogP contribution in [0, 0.1) is 6.92 Å². The van der Waals surface area contributed by atoms with Gasteiger partial charge in [0.05, 0.1) is 12.2 Å². The lowest BCUT2D eigenvalue weighted by Crippen LogP contribution is -2.33. The van der Waals surface area contributed by atoms with E-state index in [9.17, 15) is 0 Å². The van der Waals surface area contributed by atoms with Crippen LogP contribution in [0.4, 0.5) is 0 Å². The largest absolute Gasteiger partial charge is 0.370 e. The molecule has 6 nitrogen and oxygen atoms in total. The van der Waals surface area contributed by atoms with Gasteiger partial charge < -0.3 is 15.5 Å². The monoisotopic (exact) mass is 436 g/mol. The van der Waals surface area contributed by atoms with Crippen molar-refractivity contribution in [1.29, 1.82) is 0 Å². The number of aliphatic imine (C=N–C) groups is 1. The summed E-state index contributed by atoms with van der Waals surface area (Å²) in [6.45, 7) is 3.22. The third-order valence-electron chi connectivity index (χ3n) is 3.57. The van der Waals surface area contributed by atoms with Crippen LogP contribution in [0.15, 0.2) is 53.8 Å². The summed E-state index contributed by atoms with van der Waals surface area (Å²) in [6, 6.07) is 11.9. The molecular formula is C17H21IN6. The fraction of sp³-hybridized carbons (Fsp3) is 0.235. The van der Waals surface area contributed by atoms with Gasteiger partial charge in [-0.05, 0) is 31.2 Å². The number of nitrogens with zero attached hydrogens (tertiary/aromatic N) is 4. The topological polar surface area (TPSA) is 80.6 Å². The van der Waals surface area contributed by atoms with Crippen molar-refractivity contribution in [3.63, 3.8) is 0 Å². The van der Waals surface area contributed by atoms with Crippen LogP contribution in [-0.2, 0) is 13.0 Å². The normalized spacial score (nSPS) is 11.3. The van der Waals surface area contributed by atoms with Crippen LogP contribution in [-0.4, -0.2) is 26.9 Å². The standard InChI is InChI=1S/C17H20N6.HI/c1-13-5-4-7-16-22-15(12-23(13)16)11-21-17(18)20-10-8-14-6-2-3-9-19-14;/h2-7,9,12H,8,10-11H2,1H3,(H3,18,20,21);1H. The zero-order chi connectivity index (χ0) is 16.1. The number of imidazole rings is 1. The third-order valence-corrected chi connectivity index (χ3v) is 3.57. The van der Waals surface area contributed by atoms with Crippen molar-refractivity contribution in [3.8, 4) is 0 Å². The van der Waals surface area contributed by atoms with E-state index in [4.69, 9.17) is 5.73 Å². The smallest absolute Gasteiger partial charge is 0.188 e. The molecule has 0 aliphatic rings. The van der Waals surface area contributed by atoms with Gasteiger partial charge in [-0.2, -0.15) is 0 Å². The van der Waals surface area contributed by atoms with Gasteiger partial charge in [0.2, 0.25) is 0 Å². The molecule has 0 spiro atoms. The second-order valence-corrected chi connectivity index (χ2v) is 5.33. The van der Waals surface area contributed by atoms with Gasteiger partial charge in [0.25, 0.3) is 0 Å². The van der Waals surface area contributed by atoms with Gasteiger partial charge in [0.15, 0.2) is 5.96 Å². The number of halogens is 1. The summed E-state index contributed by atoms with van der Waals surface area (Å²) in [4.78, 5) is 13.1. The Morgan fingerprint density at radius 1 is 1.21 bits per heavy atom. The van der Waals surface area contributed by atoms with Crippen LogP contribution < -0.4 is 11.1 Å². The molecule has 3 heterocycles. The summed E-state index contributed by atoms with van der Waals surface area (Å²) in [5.41, 5.74) is 9.89. The van der Waals surface area contributed by atoms with E-state index in [1.165, 1.54) is 0 Å². The maximum Gasteiger partial charge on any atom is 0.188 e. The predicted molar refractivity (Wildman–Crippen MR) is 107 cm³/mol. The third kappa shape index (κ3) is 4.67. The Bertz CT molecular complexity index is 812. The molecule has 0 unspecified atom stereocenters. The number of nitrogens with one attached hydrogen (secondary N) is 1. The number of aromatic nitrogens is 3. The summed E-state index contributed by atoms with van der Waals surface area (Å²) < 4.78 is 2.05. The van der Waals surface area contributed by atoms with Crippen LogP contribution in [0.2, 0.25) is 0 Å². The van der Waals surface area contributed by atoms with Gasteiger partial charge in [-0.15, -0.1) is 24.0 Å². The van der Waals surface area contributed by atoms with Crippen LogP contribution >= 0.6 is 24.0 Å². The average molecular weight is 436 g/mol. The molecule has 0 radical (unpaired) electrons. The van der Waals surface area contributed by atoms with Crippen LogP contribution in [0.5, 0.6) is 0 Å². The summed E-state index contributed by atoms with van der Waals surface area (Å²) in [5.74, 6) is 0.426. The van der Waals surface area contributed by atoms with Crippen molar-refractivity contribution >= 4 is 35.6 Å². The average Bonchev–Trinajstić information content (AvgIpc) is 2.99. The molecule has 0 saturated carbocycles. The molecule has 0 bridgehead atoms. The maximum absolute atomic E-state index is 5.89. The number of nitrogens with two attached hydrogens (primary N) is 1. The van der Waals surface area contributed by atoms with Crippen LogP contribution in [0.25, 0.3) is 5.65 Å². The number of guanidine groups is 1. The number of hydrogen-bond donors (Lipinski definition) is 2. The summed E-state index contributed by atoms with van der Waals surface area (Å²) in [7, 11) is 0. The number of rotatable bonds is 5. The van der Waals surface area contributed by atoms with Crippen molar-refractivity contribution in [2.24, 2.45) is 10.7 Å². The van der Waals surface area contributed by atoms with Gasteiger partial charge in [-0.1, -0.05) is 12.1 Å². The van der Waals surface area contributed by atoms with E-state index in [0.717, 1.165) is 29.1 Å². The van der Waals surface area contributed by atoms with Crippen molar-refractivity contribution < 1.29 is 0 Å². The molecule has 126 valence electrons. The van der Waals surface area contributed by atoms with E-state index in [1.54, 1.807) is 6.20 Å². The molecule has 3 aromatic rings.